The van der Waals surface area contributed by atoms with Gasteiger partial charge in [0.05, 0.1) is 11.9 Å². The highest BCUT2D eigenvalue weighted by Gasteiger charge is 2.29. The number of nitrogens with zero attached hydrogens (tertiary/aromatic N) is 1. The molecule has 0 aromatic heterocycles. The summed E-state index contributed by atoms with van der Waals surface area (Å²) in [6.07, 6.45) is 2.99. The van der Waals surface area contributed by atoms with Gasteiger partial charge in [-0.2, -0.15) is 4.31 Å². The second-order valence-corrected chi connectivity index (χ2v) is 6.75. The van der Waals surface area contributed by atoms with E-state index >= 15 is 0 Å². The first-order chi connectivity index (χ1) is 7.37. The Morgan fingerprint density at radius 3 is 2.12 bits per heavy atom. The molecule has 0 saturated carbocycles. The lowest BCUT2D eigenvalue weighted by Crippen LogP contribution is -2.43. The third-order valence-electron chi connectivity index (χ3n) is 2.65. The molecule has 0 bridgehead atoms. The Morgan fingerprint density at radius 1 is 1.19 bits per heavy atom. The topological polar surface area (TPSA) is 57.6 Å². The predicted octanol–water partition coefficient (Wildman–Crippen LogP) is 1.60. The van der Waals surface area contributed by atoms with E-state index in [0.717, 1.165) is 19.3 Å². The van der Waals surface area contributed by atoms with Crippen LogP contribution in [0.4, 0.5) is 0 Å². The van der Waals surface area contributed by atoms with Crippen LogP contribution in [0.3, 0.4) is 0 Å². The van der Waals surface area contributed by atoms with Crippen LogP contribution >= 0.6 is 0 Å². The standard InChI is InChI=1S/C11H25NO3S/c1-5-6-7-8-12(10(2)3)16(14,15)11(4)9-13/h10-11,13H,5-9H2,1-4H3. The van der Waals surface area contributed by atoms with Crippen molar-refractivity contribution >= 4 is 10.0 Å². The average Bonchev–Trinajstić information content (AvgIpc) is 2.22. The number of aliphatic hydroxyl groups is 1. The van der Waals surface area contributed by atoms with Crippen LogP contribution in [0.25, 0.3) is 0 Å². The van der Waals surface area contributed by atoms with E-state index in [0.29, 0.717) is 6.54 Å². The van der Waals surface area contributed by atoms with Crippen LogP contribution in [0.5, 0.6) is 0 Å². The van der Waals surface area contributed by atoms with Crippen LogP contribution in [0.1, 0.15) is 47.0 Å². The van der Waals surface area contributed by atoms with Gasteiger partial charge in [0.15, 0.2) is 0 Å². The van der Waals surface area contributed by atoms with Crippen LogP contribution in [0.15, 0.2) is 0 Å². The molecule has 0 aromatic rings. The summed E-state index contributed by atoms with van der Waals surface area (Å²) in [6.45, 7) is 7.60. The molecular formula is C11H25NO3S. The Labute approximate surface area is 99.7 Å². The summed E-state index contributed by atoms with van der Waals surface area (Å²) >= 11 is 0. The summed E-state index contributed by atoms with van der Waals surface area (Å²) in [6, 6.07) is -0.0455. The molecule has 1 unspecified atom stereocenters. The van der Waals surface area contributed by atoms with Crippen molar-refractivity contribution in [2.24, 2.45) is 0 Å². The van der Waals surface area contributed by atoms with Crippen LogP contribution in [-0.2, 0) is 10.0 Å². The fourth-order valence-electron chi connectivity index (χ4n) is 1.52. The molecule has 0 rings (SSSR count). The molecule has 0 fully saturated rings. The van der Waals surface area contributed by atoms with E-state index < -0.39 is 15.3 Å². The third kappa shape index (κ3) is 4.39. The molecule has 0 aliphatic heterocycles. The summed E-state index contributed by atoms with van der Waals surface area (Å²) in [5.41, 5.74) is 0. The van der Waals surface area contributed by atoms with Gasteiger partial charge in [0.2, 0.25) is 10.0 Å². The highest BCUT2D eigenvalue weighted by molar-refractivity contribution is 7.89. The summed E-state index contributed by atoms with van der Waals surface area (Å²) in [5.74, 6) is 0. The van der Waals surface area contributed by atoms with E-state index in [1.54, 1.807) is 6.92 Å². The van der Waals surface area contributed by atoms with Crippen LogP contribution < -0.4 is 0 Å². The van der Waals surface area contributed by atoms with Crippen molar-refractivity contribution in [3.63, 3.8) is 0 Å². The molecule has 1 atom stereocenters. The molecule has 98 valence electrons. The molecule has 0 radical (unpaired) electrons. The fraction of sp³-hybridized carbons (Fsp3) is 1.00. The molecule has 0 saturated heterocycles. The Hall–Kier alpha value is -0.130. The van der Waals surface area contributed by atoms with Gasteiger partial charge in [0.1, 0.15) is 0 Å². The van der Waals surface area contributed by atoms with Gasteiger partial charge in [-0.25, -0.2) is 8.42 Å². The minimum Gasteiger partial charge on any atom is -0.395 e. The lowest BCUT2D eigenvalue weighted by Gasteiger charge is -2.28. The van der Waals surface area contributed by atoms with Crippen molar-refractivity contribution in [2.75, 3.05) is 13.2 Å². The smallest absolute Gasteiger partial charge is 0.219 e. The molecule has 0 aromatic carbocycles. The monoisotopic (exact) mass is 251 g/mol. The predicted molar refractivity (Wildman–Crippen MR) is 66.8 cm³/mol. The quantitative estimate of drug-likeness (QED) is 0.667. The Morgan fingerprint density at radius 2 is 1.75 bits per heavy atom. The minimum atomic E-state index is -3.35. The number of rotatable bonds is 8. The van der Waals surface area contributed by atoms with Gasteiger partial charge in [0.25, 0.3) is 0 Å². The lowest BCUT2D eigenvalue weighted by atomic mass is 10.2. The number of sulfonamides is 1. The maximum absolute atomic E-state index is 12.1. The van der Waals surface area contributed by atoms with Gasteiger partial charge in [-0.05, 0) is 27.2 Å². The zero-order valence-electron chi connectivity index (χ0n) is 10.8. The maximum atomic E-state index is 12.1. The summed E-state index contributed by atoms with van der Waals surface area (Å²) in [7, 11) is -3.35. The van der Waals surface area contributed by atoms with Crippen molar-refractivity contribution in [3.05, 3.63) is 0 Å². The fourth-order valence-corrected chi connectivity index (χ4v) is 3.14. The van der Waals surface area contributed by atoms with Gasteiger partial charge in [-0.1, -0.05) is 19.8 Å². The van der Waals surface area contributed by atoms with E-state index in [1.165, 1.54) is 4.31 Å². The van der Waals surface area contributed by atoms with Crippen LogP contribution in [0, 0.1) is 0 Å². The van der Waals surface area contributed by atoms with E-state index in [2.05, 4.69) is 6.92 Å². The van der Waals surface area contributed by atoms with Gasteiger partial charge in [-0.3, -0.25) is 0 Å². The number of hydrogen-bond acceptors (Lipinski definition) is 3. The number of hydrogen-bond donors (Lipinski definition) is 1. The zero-order valence-corrected chi connectivity index (χ0v) is 11.6. The van der Waals surface area contributed by atoms with Crippen molar-refractivity contribution in [1.29, 1.82) is 0 Å². The van der Waals surface area contributed by atoms with E-state index in [1.807, 2.05) is 13.8 Å². The molecule has 0 heterocycles. The molecule has 0 aliphatic carbocycles. The molecule has 4 nitrogen and oxygen atoms in total. The first kappa shape index (κ1) is 15.9. The number of unbranched alkanes of at least 4 members (excludes halogenated alkanes) is 2. The van der Waals surface area contributed by atoms with Gasteiger partial charge >= 0.3 is 0 Å². The third-order valence-corrected chi connectivity index (χ3v) is 5.07. The normalized spacial score (nSPS) is 14.7. The molecule has 5 heteroatoms. The summed E-state index contributed by atoms with van der Waals surface area (Å²) < 4.78 is 25.6. The SMILES string of the molecule is CCCCCN(C(C)C)S(=O)(=O)C(C)CO. The number of aliphatic hydroxyl groups excluding tert-OH is 1. The largest absolute Gasteiger partial charge is 0.395 e. The molecule has 16 heavy (non-hydrogen) atoms. The van der Waals surface area contributed by atoms with Gasteiger partial charge < -0.3 is 5.11 Å². The van der Waals surface area contributed by atoms with Gasteiger partial charge in [-0.15, -0.1) is 0 Å². The maximum Gasteiger partial charge on any atom is 0.219 e. The first-order valence-electron chi connectivity index (χ1n) is 5.99. The zero-order chi connectivity index (χ0) is 12.8. The van der Waals surface area contributed by atoms with E-state index in [-0.39, 0.29) is 12.6 Å². The molecule has 1 N–H and O–H groups in total. The molecule has 0 aliphatic rings. The Bertz CT molecular complexity index is 275. The summed E-state index contributed by atoms with van der Waals surface area (Å²) in [5, 5.41) is 8.26. The average molecular weight is 251 g/mol. The lowest BCUT2D eigenvalue weighted by molar-refractivity contribution is 0.282. The van der Waals surface area contributed by atoms with E-state index in [9.17, 15) is 8.42 Å². The van der Waals surface area contributed by atoms with Crippen molar-refractivity contribution in [1.82, 2.24) is 4.31 Å². The molecule has 0 spiro atoms. The highest BCUT2D eigenvalue weighted by Crippen LogP contribution is 2.14. The first-order valence-corrected chi connectivity index (χ1v) is 7.49. The van der Waals surface area contributed by atoms with Crippen LogP contribution in [0.2, 0.25) is 0 Å². The minimum absolute atomic E-state index is 0.0455. The second kappa shape index (κ2) is 7.25. The van der Waals surface area contributed by atoms with Crippen molar-refractivity contribution in [2.45, 2.75) is 58.2 Å². The van der Waals surface area contributed by atoms with E-state index in [4.69, 9.17) is 5.11 Å². The van der Waals surface area contributed by atoms with Crippen molar-refractivity contribution < 1.29 is 13.5 Å². The second-order valence-electron chi connectivity index (χ2n) is 4.45. The van der Waals surface area contributed by atoms with Crippen LogP contribution in [-0.4, -0.2) is 42.3 Å². The molecular weight excluding hydrogens is 226 g/mol. The highest BCUT2D eigenvalue weighted by atomic mass is 32.2. The molecule has 0 amide bonds. The Kier molecular flexibility index (Phi) is 7.19. The Balaban J connectivity index is 4.64. The summed E-state index contributed by atoms with van der Waals surface area (Å²) in [4.78, 5) is 0. The van der Waals surface area contributed by atoms with Gasteiger partial charge in [0, 0.05) is 12.6 Å². The van der Waals surface area contributed by atoms with Crippen molar-refractivity contribution in [3.8, 4) is 0 Å².